The van der Waals surface area contributed by atoms with E-state index >= 15 is 0 Å². The number of aromatic hydroxyl groups is 1. The zero-order chi connectivity index (χ0) is 14.6. The lowest BCUT2D eigenvalue weighted by Gasteiger charge is -2.39. The lowest BCUT2D eigenvalue weighted by atomic mass is 9.78. The van der Waals surface area contributed by atoms with Gasteiger partial charge in [-0.15, -0.1) is 0 Å². The molecule has 112 valence electrons. The van der Waals surface area contributed by atoms with Crippen molar-refractivity contribution in [3.8, 4) is 11.5 Å². The topological polar surface area (TPSA) is 32.7 Å². The van der Waals surface area contributed by atoms with Crippen LogP contribution < -0.4 is 4.74 Å². The summed E-state index contributed by atoms with van der Waals surface area (Å²) in [6.45, 7) is 10.5. The highest BCUT2D eigenvalue weighted by molar-refractivity contribution is 5.41. The van der Waals surface area contributed by atoms with E-state index in [-0.39, 0.29) is 5.75 Å². The Morgan fingerprint density at radius 2 is 1.95 bits per heavy atom. The fourth-order valence-corrected chi connectivity index (χ4v) is 2.79. The van der Waals surface area contributed by atoms with Crippen LogP contribution in [0.3, 0.4) is 0 Å². The van der Waals surface area contributed by atoms with Crippen molar-refractivity contribution in [2.75, 3.05) is 19.7 Å². The fraction of sp³-hybridized carbons (Fsp3) is 0.647. The van der Waals surface area contributed by atoms with E-state index in [2.05, 4.69) is 18.7 Å². The summed E-state index contributed by atoms with van der Waals surface area (Å²) < 4.78 is 5.45. The Labute approximate surface area is 122 Å². The molecule has 0 aromatic heterocycles. The van der Waals surface area contributed by atoms with Crippen LogP contribution in [0.15, 0.2) is 18.2 Å². The normalized spacial score (nSPS) is 18.9. The van der Waals surface area contributed by atoms with Crippen molar-refractivity contribution in [2.24, 2.45) is 5.41 Å². The average Bonchev–Trinajstić information content (AvgIpc) is 2.45. The number of piperidine rings is 1. The van der Waals surface area contributed by atoms with Gasteiger partial charge >= 0.3 is 0 Å². The van der Waals surface area contributed by atoms with Crippen LogP contribution in [0.25, 0.3) is 0 Å². The summed E-state index contributed by atoms with van der Waals surface area (Å²) in [6.07, 6.45) is 3.83. The summed E-state index contributed by atoms with van der Waals surface area (Å²) in [5, 5.41) is 9.73. The molecular formula is C17H27NO2. The molecule has 3 nitrogen and oxygen atoms in total. The molecule has 1 aromatic rings. The Kier molecular flexibility index (Phi) is 4.92. The predicted molar refractivity (Wildman–Crippen MR) is 82.2 cm³/mol. The van der Waals surface area contributed by atoms with Crippen molar-refractivity contribution in [1.82, 2.24) is 4.90 Å². The van der Waals surface area contributed by atoms with E-state index in [1.807, 2.05) is 19.1 Å². The van der Waals surface area contributed by atoms with E-state index in [1.54, 1.807) is 6.07 Å². The summed E-state index contributed by atoms with van der Waals surface area (Å²) in [5.41, 5.74) is 1.74. The predicted octanol–water partition coefficient (Wildman–Crippen LogP) is 3.80. The molecule has 1 N–H and O–H groups in total. The van der Waals surface area contributed by atoms with Gasteiger partial charge in [-0.2, -0.15) is 0 Å². The fourth-order valence-electron chi connectivity index (χ4n) is 2.79. The van der Waals surface area contributed by atoms with Crippen LogP contribution in [0, 0.1) is 5.41 Å². The third kappa shape index (κ3) is 3.66. The number of hydrogen-bond acceptors (Lipinski definition) is 3. The van der Waals surface area contributed by atoms with Crippen molar-refractivity contribution in [2.45, 2.75) is 46.6 Å². The summed E-state index contributed by atoms with van der Waals surface area (Å²) in [5.74, 6) is 0.827. The zero-order valence-electron chi connectivity index (χ0n) is 13.0. The van der Waals surface area contributed by atoms with E-state index in [0.29, 0.717) is 17.8 Å². The first-order valence-electron chi connectivity index (χ1n) is 7.73. The van der Waals surface area contributed by atoms with Gasteiger partial charge in [-0.1, -0.05) is 26.3 Å². The van der Waals surface area contributed by atoms with Gasteiger partial charge in [-0.3, -0.25) is 4.90 Å². The van der Waals surface area contributed by atoms with Gasteiger partial charge in [-0.25, -0.2) is 0 Å². The van der Waals surface area contributed by atoms with Gasteiger partial charge in [-0.05, 0) is 56.0 Å². The molecule has 0 saturated carbocycles. The third-order valence-electron chi connectivity index (χ3n) is 4.65. The van der Waals surface area contributed by atoms with Crippen LogP contribution in [0.2, 0.25) is 0 Å². The Morgan fingerprint density at radius 1 is 1.25 bits per heavy atom. The molecule has 0 aliphatic carbocycles. The van der Waals surface area contributed by atoms with E-state index in [1.165, 1.54) is 24.8 Å². The molecule has 3 heteroatoms. The molecule has 20 heavy (non-hydrogen) atoms. The van der Waals surface area contributed by atoms with Crippen LogP contribution in [0.1, 0.15) is 45.6 Å². The summed E-state index contributed by atoms with van der Waals surface area (Å²) in [4.78, 5) is 2.50. The number of phenols is 1. The molecule has 2 rings (SSSR count). The number of hydrogen-bond donors (Lipinski definition) is 1. The molecule has 1 heterocycles. The van der Waals surface area contributed by atoms with Crippen LogP contribution in [-0.4, -0.2) is 29.7 Å². The largest absolute Gasteiger partial charge is 0.504 e. The quantitative estimate of drug-likeness (QED) is 0.888. The minimum absolute atomic E-state index is 0.229. The van der Waals surface area contributed by atoms with Gasteiger partial charge in [0.15, 0.2) is 11.5 Å². The van der Waals surface area contributed by atoms with Gasteiger partial charge in [0.2, 0.25) is 0 Å². The maximum absolute atomic E-state index is 9.73. The van der Waals surface area contributed by atoms with E-state index < -0.39 is 0 Å². The van der Waals surface area contributed by atoms with Crippen LogP contribution in [0.5, 0.6) is 11.5 Å². The zero-order valence-corrected chi connectivity index (χ0v) is 13.0. The standard InChI is InChI=1S/C17H27NO2/c1-4-17(3)8-10-18(11-9-17)13-14-6-7-15(19)16(12-14)20-5-2/h6-7,12,19H,4-5,8-11,13H2,1-3H3. The lowest BCUT2D eigenvalue weighted by Crippen LogP contribution is -2.37. The molecule has 1 saturated heterocycles. The SMILES string of the molecule is CCOc1cc(CN2CCC(C)(CC)CC2)ccc1O. The second-order valence-corrected chi connectivity index (χ2v) is 6.18. The number of ether oxygens (including phenoxy) is 1. The molecule has 1 aliphatic rings. The minimum Gasteiger partial charge on any atom is -0.504 e. The van der Waals surface area contributed by atoms with Gasteiger partial charge in [0.1, 0.15) is 0 Å². The van der Waals surface area contributed by atoms with E-state index in [4.69, 9.17) is 4.74 Å². The Hall–Kier alpha value is -1.22. The number of rotatable bonds is 5. The second-order valence-electron chi connectivity index (χ2n) is 6.18. The smallest absolute Gasteiger partial charge is 0.161 e. The van der Waals surface area contributed by atoms with Crippen molar-refractivity contribution in [3.05, 3.63) is 23.8 Å². The second kappa shape index (κ2) is 6.49. The Morgan fingerprint density at radius 3 is 2.55 bits per heavy atom. The molecular weight excluding hydrogens is 250 g/mol. The highest BCUT2D eigenvalue weighted by atomic mass is 16.5. The van der Waals surface area contributed by atoms with Crippen molar-refractivity contribution in [1.29, 1.82) is 0 Å². The Balaban J connectivity index is 1.96. The van der Waals surface area contributed by atoms with Gasteiger partial charge < -0.3 is 9.84 Å². The van der Waals surface area contributed by atoms with Crippen molar-refractivity contribution in [3.63, 3.8) is 0 Å². The molecule has 0 bridgehead atoms. The number of nitrogens with zero attached hydrogens (tertiary/aromatic N) is 1. The number of phenolic OH excluding ortho intramolecular Hbond substituents is 1. The van der Waals surface area contributed by atoms with Crippen molar-refractivity contribution >= 4 is 0 Å². The Bertz CT molecular complexity index is 437. The first-order chi connectivity index (χ1) is 9.56. The van der Waals surface area contributed by atoms with Gasteiger partial charge in [0.05, 0.1) is 6.61 Å². The summed E-state index contributed by atoms with van der Waals surface area (Å²) in [7, 11) is 0. The highest BCUT2D eigenvalue weighted by Gasteiger charge is 2.28. The molecule has 1 aromatic carbocycles. The highest BCUT2D eigenvalue weighted by Crippen LogP contribution is 2.35. The number of benzene rings is 1. The average molecular weight is 277 g/mol. The third-order valence-corrected chi connectivity index (χ3v) is 4.65. The lowest BCUT2D eigenvalue weighted by molar-refractivity contribution is 0.109. The molecule has 0 spiro atoms. The van der Waals surface area contributed by atoms with Crippen molar-refractivity contribution < 1.29 is 9.84 Å². The van der Waals surface area contributed by atoms with Crippen LogP contribution in [-0.2, 0) is 6.54 Å². The first kappa shape index (κ1) is 15.2. The molecule has 0 amide bonds. The molecule has 0 radical (unpaired) electrons. The maximum atomic E-state index is 9.73. The van der Waals surface area contributed by atoms with E-state index in [0.717, 1.165) is 19.6 Å². The first-order valence-corrected chi connectivity index (χ1v) is 7.73. The summed E-state index contributed by atoms with van der Waals surface area (Å²) >= 11 is 0. The maximum Gasteiger partial charge on any atom is 0.161 e. The monoisotopic (exact) mass is 277 g/mol. The molecule has 0 atom stereocenters. The van der Waals surface area contributed by atoms with Gasteiger partial charge in [0, 0.05) is 6.54 Å². The van der Waals surface area contributed by atoms with Gasteiger partial charge in [0.25, 0.3) is 0 Å². The molecule has 0 unspecified atom stereocenters. The number of likely N-dealkylation sites (tertiary alicyclic amines) is 1. The molecule has 1 aliphatic heterocycles. The van der Waals surface area contributed by atoms with Crippen LogP contribution in [0.4, 0.5) is 0 Å². The van der Waals surface area contributed by atoms with E-state index in [9.17, 15) is 5.11 Å². The summed E-state index contributed by atoms with van der Waals surface area (Å²) in [6, 6.07) is 5.69. The minimum atomic E-state index is 0.229. The molecule has 1 fully saturated rings. The van der Waals surface area contributed by atoms with Crippen LogP contribution >= 0.6 is 0 Å².